The molecule has 0 radical (unpaired) electrons. The largest absolute Gasteiger partial charge is 0.398 e. The number of aromatic nitrogens is 1. The molecule has 0 aliphatic heterocycles. The van der Waals surface area contributed by atoms with Gasteiger partial charge in [-0.3, -0.25) is 0 Å². The Morgan fingerprint density at radius 3 is 2.58 bits per heavy atom. The average molecular weight is 275 g/mol. The van der Waals surface area contributed by atoms with Gasteiger partial charge in [0, 0.05) is 22.2 Å². The van der Waals surface area contributed by atoms with Crippen LogP contribution in [0.15, 0.2) is 23.6 Å². The summed E-state index contributed by atoms with van der Waals surface area (Å²) in [6, 6.07) is 6.08. The number of nitrogens with two attached hydrogens (primary N) is 1. The fourth-order valence-electron chi connectivity index (χ4n) is 1.79. The van der Waals surface area contributed by atoms with Crippen molar-refractivity contribution in [1.29, 1.82) is 0 Å². The Labute approximate surface area is 118 Å². The van der Waals surface area contributed by atoms with E-state index in [0.717, 1.165) is 28.6 Å². The van der Waals surface area contributed by atoms with Gasteiger partial charge in [-0.15, -0.1) is 11.3 Å². The standard InChI is InChI=1S/C15H21N3S/c1-5-10-6-7-11(8-12(10)16)17-14-18-13(9-19-14)15(2,3)4/h6-9H,5,16H2,1-4H3,(H,17,18). The van der Waals surface area contributed by atoms with Crippen LogP contribution < -0.4 is 11.1 Å². The molecule has 19 heavy (non-hydrogen) atoms. The molecule has 1 heterocycles. The summed E-state index contributed by atoms with van der Waals surface area (Å²) in [5.74, 6) is 0. The molecule has 1 aromatic carbocycles. The monoisotopic (exact) mass is 275 g/mol. The summed E-state index contributed by atoms with van der Waals surface area (Å²) in [5.41, 5.74) is 10.2. The first kappa shape index (κ1) is 13.9. The molecule has 0 saturated carbocycles. The third-order valence-electron chi connectivity index (χ3n) is 3.05. The number of anilines is 3. The van der Waals surface area contributed by atoms with Gasteiger partial charge in [-0.1, -0.05) is 33.8 Å². The number of nitrogens with one attached hydrogen (secondary N) is 1. The van der Waals surface area contributed by atoms with Crippen LogP contribution in [0.5, 0.6) is 0 Å². The molecular weight excluding hydrogens is 254 g/mol. The summed E-state index contributed by atoms with van der Waals surface area (Å²) in [7, 11) is 0. The van der Waals surface area contributed by atoms with E-state index in [-0.39, 0.29) is 5.41 Å². The highest BCUT2D eigenvalue weighted by molar-refractivity contribution is 7.13. The van der Waals surface area contributed by atoms with Gasteiger partial charge in [0.1, 0.15) is 0 Å². The maximum Gasteiger partial charge on any atom is 0.187 e. The Kier molecular flexibility index (Phi) is 3.80. The second-order valence-corrected chi connectivity index (χ2v) is 6.54. The van der Waals surface area contributed by atoms with E-state index in [2.05, 4.69) is 49.4 Å². The normalized spacial score (nSPS) is 11.6. The van der Waals surface area contributed by atoms with E-state index < -0.39 is 0 Å². The number of rotatable bonds is 3. The Hall–Kier alpha value is -1.55. The molecule has 4 heteroatoms. The fraction of sp³-hybridized carbons (Fsp3) is 0.400. The van der Waals surface area contributed by atoms with E-state index in [9.17, 15) is 0 Å². The summed E-state index contributed by atoms with van der Waals surface area (Å²) in [4.78, 5) is 4.62. The average Bonchev–Trinajstić information content (AvgIpc) is 2.77. The molecule has 102 valence electrons. The van der Waals surface area contributed by atoms with E-state index >= 15 is 0 Å². The van der Waals surface area contributed by atoms with E-state index in [4.69, 9.17) is 5.73 Å². The SMILES string of the molecule is CCc1ccc(Nc2nc(C(C)(C)C)cs2)cc1N. The predicted octanol–water partition coefficient (Wildman–Crippen LogP) is 4.33. The Morgan fingerprint density at radius 1 is 1.32 bits per heavy atom. The molecule has 1 aromatic heterocycles. The zero-order valence-electron chi connectivity index (χ0n) is 11.9. The first-order chi connectivity index (χ1) is 8.90. The molecule has 3 nitrogen and oxygen atoms in total. The van der Waals surface area contributed by atoms with Crippen LogP contribution in [-0.4, -0.2) is 4.98 Å². The van der Waals surface area contributed by atoms with Gasteiger partial charge in [0.05, 0.1) is 5.69 Å². The molecule has 0 aliphatic carbocycles. The number of nitrogens with zero attached hydrogens (tertiary/aromatic N) is 1. The molecule has 0 aliphatic rings. The summed E-state index contributed by atoms with van der Waals surface area (Å²) in [5, 5.41) is 6.33. The Morgan fingerprint density at radius 2 is 2.05 bits per heavy atom. The third kappa shape index (κ3) is 3.26. The summed E-state index contributed by atoms with van der Waals surface area (Å²) in [6.45, 7) is 8.61. The summed E-state index contributed by atoms with van der Waals surface area (Å²) < 4.78 is 0. The van der Waals surface area contributed by atoms with Crippen LogP contribution in [0.1, 0.15) is 39.0 Å². The van der Waals surface area contributed by atoms with Crippen LogP contribution in [0, 0.1) is 0 Å². The zero-order chi connectivity index (χ0) is 14.0. The van der Waals surface area contributed by atoms with Gasteiger partial charge in [0.25, 0.3) is 0 Å². The fourth-order valence-corrected chi connectivity index (χ4v) is 2.75. The smallest absolute Gasteiger partial charge is 0.187 e. The van der Waals surface area contributed by atoms with E-state index in [1.807, 2.05) is 12.1 Å². The lowest BCUT2D eigenvalue weighted by Gasteiger charge is -2.14. The summed E-state index contributed by atoms with van der Waals surface area (Å²) in [6.07, 6.45) is 0.956. The molecule has 0 saturated heterocycles. The molecule has 0 unspecified atom stereocenters. The van der Waals surface area contributed by atoms with Crippen molar-refractivity contribution in [2.24, 2.45) is 0 Å². The van der Waals surface area contributed by atoms with Gasteiger partial charge >= 0.3 is 0 Å². The zero-order valence-corrected chi connectivity index (χ0v) is 12.8. The van der Waals surface area contributed by atoms with Crippen molar-refractivity contribution in [2.75, 3.05) is 11.1 Å². The van der Waals surface area contributed by atoms with Crippen LogP contribution in [0.25, 0.3) is 0 Å². The highest BCUT2D eigenvalue weighted by Crippen LogP contribution is 2.29. The molecule has 0 fully saturated rings. The first-order valence-corrected chi connectivity index (χ1v) is 7.39. The van der Waals surface area contributed by atoms with Gasteiger partial charge in [0.15, 0.2) is 5.13 Å². The highest BCUT2D eigenvalue weighted by atomic mass is 32.1. The molecule has 0 atom stereocenters. The van der Waals surface area contributed by atoms with E-state index in [1.165, 1.54) is 5.56 Å². The van der Waals surface area contributed by atoms with E-state index in [1.54, 1.807) is 11.3 Å². The first-order valence-electron chi connectivity index (χ1n) is 6.51. The van der Waals surface area contributed by atoms with Crippen molar-refractivity contribution < 1.29 is 0 Å². The van der Waals surface area contributed by atoms with Crippen molar-refractivity contribution in [3.05, 3.63) is 34.8 Å². The lowest BCUT2D eigenvalue weighted by molar-refractivity contribution is 0.573. The van der Waals surface area contributed by atoms with Gasteiger partial charge in [-0.2, -0.15) is 0 Å². The van der Waals surface area contributed by atoms with Crippen molar-refractivity contribution >= 4 is 27.8 Å². The van der Waals surface area contributed by atoms with Gasteiger partial charge < -0.3 is 11.1 Å². The van der Waals surface area contributed by atoms with E-state index in [0.29, 0.717) is 0 Å². The highest BCUT2D eigenvalue weighted by Gasteiger charge is 2.17. The number of nitrogen functional groups attached to an aromatic ring is 1. The number of aryl methyl sites for hydroxylation is 1. The Balaban J connectivity index is 2.17. The molecule has 3 N–H and O–H groups in total. The number of hydrogen-bond donors (Lipinski definition) is 2. The number of thiazole rings is 1. The number of benzene rings is 1. The second kappa shape index (κ2) is 5.21. The van der Waals surface area contributed by atoms with Crippen LogP contribution in [-0.2, 0) is 11.8 Å². The molecule has 0 spiro atoms. The van der Waals surface area contributed by atoms with Crippen LogP contribution in [0.2, 0.25) is 0 Å². The Bertz CT molecular complexity index is 567. The van der Waals surface area contributed by atoms with Crippen LogP contribution in [0.3, 0.4) is 0 Å². The predicted molar refractivity (Wildman–Crippen MR) is 84.3 cm³/mol. The van der Waals surface area contributed by atoms with Crippen LogP contribution in [0.4, 0.5) is 16.5 Å². The van der Waals surface area contributed by atoms with Crippen LogP contribution >= 0.6 is 11.3 Å². The maximum absolute atomic E-state index is 6.00. The van der Waals surface area contributed by atoms with Crippen molar-refractivity contribution in [3.8, 4) is 0 Å². The maximum atomic E-state index is 6.00. The second-order valence-electron chi connectivity index (χ2n) is 5.68. The van der Waals surface area contributed by atoms with Crippen molar-refractivity contribution in [1.82, 2.24) is 4.98 Å². The molecule has 0 amide bonds. The molecular formula is C15H21N3S. The van der Waals surface area contributed by atoms with Crippen molar-refractivity contribution in [2.45, 2.75) is 39.5 Å². The van der Waals surface area contributed by atoms with Crippen molar-refractivity contribution in [3.63, 3.8) is 0 Å². The van der Waals surface area contributed by atoms with Gasteiger partial charge in [0.2, 0.25) is 0 Å². The number of hydrogen-bond acceptors (Lipinski definition) is 4. The van der Waals surface area contributed by atoms with Gasteiger partial charge in [-0.25, -0.2) is 4.98 Å². The quantitative estimate of drug-likeness (QED) is 0.820. The lowest BCUT2D eigenvalue weighted by Crippen LogP contribution is -2.11. The minimum atomic E-state index is 0.0848. The minimum Gasteiger partial charge on any atom is -0.398 e. The molecule has 2 rings (SSSR count). The molecule has 0 bridgehead atoms. The van der Waals surface area contributed by atoms with Gasteiger partial charge in [-0.05, 0) is 24.1 Å². The topological polar surface area (TPSA) is 50.9 Å². The molecule has 2 aromatic rings. The minimum absolute atomic E-state index is 0.0848. The lowest BCUT2D eigenvalue weighted by atomic mass is 9.93. The summed E-state index contributed by atoms with van der Waals surface area (Å²) >= 11 is 1.62. The third-order valence-corrected chi connectivity index (χ3v) is 3.81.